The molecule has 26 heavy (non-hydrogen) atoms. The van der Waals surface area contributed by atoms with Crippen LogP contribution in [0.2, 0.25) is 0 Å². The van der Waals surface area contributed by atoms with Crippen molar-refractivity contribution >= 4 is 15.9 Å². The van der Waals surface area contributed by atoms with Gasteiger partial charge in [-0.15, -0.1) is 0 Å². The maximum absolute atomic E-state index is 13.0. The number of benzene rings is 2. The van der Waals surface area contributed by atoms with Crippen molar-refractivity contribution in [2.45, 2.75) is 20.0 Å². The third-order valence-corrected chi connectivity index (χ3v) is 5.20. The first kappa shape index (κ1) is 20.1. The van der Waals surface area contributed by atoms with Gasteiger partial charge in [0.1, 0.15) is 5.82 Å². The van der Waals surface area contributed by atoms with Crippen LogP contribution in [0.15, 0.2) is 54.6 Å². The van der Waals surface area contributed by atoms with Crippen LogP contribution in [0.5, 0.6) is 0 Å². The zero-order chi connectivity index (χ0) is 19.2. The smallest absolute Gasteiger partial charge is 0.238 e. The molecule has 0 aliphatic heterocycles. The van der Waals surface area contributed by atoms with E-state index < -0.39 is 15.8 Å². The van der Waals surface area contributed by atoms with Gasteiger partial charge in [0.15, 0.2) is 0 Å². The Hall–Kier alpha value is -2.25. The quantitative estimate of drug-likeness (QED) is 0.710. The molecule has 2 aromatic carbocycles. The highest BCUT2D eigenvalue weighted by Crippen LogP contribution is 2.11. The van der Waals surface area contributed by atoms with Crippen molar-refractivity contribution in [2.75, 3.05) is 19.3 Å². The van der Waals surface area contributed by atoms with Crippen LogP contribution in [0.3, 0.4) is 0 Å². The Morgan fingerprint density at radius 2 is 1.54 bits per heavy atom. The standard InChI is InChI=1S/C19H23FN2O3S/c1-3-21(13-16-7-5-4-6-8-16)19(23)15-22(26(2,24)25)14-17-9-11-18(20)12-10-17/h4-12H,3,13-15H2,1-2H3. The first-order valence-corrected chi connectivity index (χ1v) is 10.2. The molecule has 0 bridgehead atoms. The molecule has 0 N–H and O–H groups in total. The first-order valence-electron chi connectivity index (χ1n) is 8.31. The van der Waals surface area contributed by atoms with Crippen molar-refractivity contribution in [3.8, 4) is 0 Å². The Balaban J connectivity index is 2.10. The second-order valence-corrected chi connectivity index (χ2v) is 8.03. The van der Waals surface area contributed by atoms with E-state index >= 15 is 0 Å². The number of amides is 1. The second-order valence-electron chi connectivity index (χ2n) is 6.05. The van der Waals surface area contributed by atoms with Gasteiger partial charge in [-0.3, -0.25) is 4.79 Å². The Kier molecular flexibility index (Phi) is 6.88. The van der Waals surface area contributed by atoms with Crippen molar-refractivity contribution in [3.63, 3.8) is 0 Å². The van der Waals surface area contributed by atoms with E-state index in [4.69, 9.17) is 0 Å². The van der Waals surface area contributed by atoms with Gasteiger partial charge in [-0.2, -0.15) is 4.31 Å². The summed E-state index contributed by atoms with van der Waals surface area (Å²) in [5, 5.41) is 0. The largest absolute Gasteiger partial charge is 0.338 e. The average Bonchev–Trinajstić information content (AvgIpc) is 2.61. The van der Waals surface area contributed by atoms with Gasteiger partial charge in [-0.05, 0) is 30.2 Å². The molecule has 5 nitrogen and oxygen atoms in total. The Labute approximate surface area is 154 Å². The summed E-state index contributed by atoms with van der Waals surface area (Å²) in [7, 11) is -3.59. The summed E-state index contributed by atoms with van der Waals surface area (Å²) in [6, 6.07) is 15.1. The lowest BCUT2D eigenvalue weighted by Gasteiger charge is -2.25. The van der Waals surface area contributed by atoms with E-state index in [9.17, 15) is 17.6 Å². The minimum Gasteiger partial charge on any atom is -0.338 e. The van der Waals surface area contributed by atoms with Gasteiger partial charge in [-0.25, -0.2) is 12.8 Å². The number of nitrogens with zero attached hydrogens (tertiary/aromatic N) is 2. The van der Waals surface area contributed by atoms with Gasteiger partial charge in [-0.1, -0.05) is 42.5 Å². The van der Waals surface area contributed by atoms with Crippen LogP contribution >= 0.6 is 0 Å². The van der Waals surface area contributed by atoms with Crippen LogP contribution in [0.4, 0.5) is 4.39 Å². The molecule has 2 aromatic rings. The van der Waals surface area contributed by atoms with Gasteiger partial charge in [0.25, 0.3) is 0 Å². The van der Waals surface area contributed by atoms with Crippen molar-refractivity contribution in [3.05, 3.63) is 71.5 Å². The summed E-state index contributed by atoms with van der Waals surface area (Å²) < 4.78 is 38.3. The fourth-order valence-electron chi connectivity index (χ4n) is 2.51. The SMILES string of the molecule is CCN(Cc1ccccc1)C(=O)CN(Cc1ccc(F)cc1)S(C)(=O)=O. The normalized spacial score (nSPS) is 11.5. The van der Waals surface area contributed by atoms with Crippen molar-refractivity contribution in [1.82, 2.24) is 9.21 Å². The molecule has 0 spiro atoms. The van der Waals surface area contributed by atoms with Crippen molar-refractivity contribution < 1.29 is 17.6 Å². The molecule has 140 valence electrons. The van der Waals surface area contributed by atoms with Gasteiger partial charge in [0.2, 0.25) is 15.9 Å². The second kappa shape index (κ2) is 8.91. The zero-order valence-corrected chi connectivity index (χ0v) is 15.7. The molecular weight excluding hydrogens is 355 g/mol. The van der Waals surface area contributed by atoms with E-state index in [0.29, 0.717) is 18.7 Å². The number of hydrogen-bond acceptors (Lipinski definition) is 3. The fraction of sp³-hybridized carbons (Fsp3) is 0.316. The minimum absolute atomic E-state index is 0.0216. The summed E-state index contributed by atoms with van der Waals surface area (Å²) in [5.74, 6) is -0.667. The van der Waals surface area contributed by atoms with Gasteiger partial charge in [0, 0.05) is 19.6 Å². The lowest BCUT2D eigenvalue weighted by molar-refractivity contribution is -0.131. The molecule has 0 aliphatic carbocycles. The van der Waals surface area contributed by atoms with Gasteiger partial charge < -0.3 is 4.90 Å². The minimum atomic E-state index is -3.59. The molecule has 0 unspecified atom stereocenters. The van der Waals surface area contributed by atoms with Gasteiger partial charge >= 0.3 is 0 Å². The number of carbonyl (C=O) groups is 1. The third kappa shape index (κ3) is 5.93. The van der Waals surface area contributed by atoms with Crippen LogP contribution in [-0.2, 0) is 27.9 Å². The fourth-order valence-corrected chi connectivity index (χ4v) is 3.24. The number of rotatable bonds is 8. The predicted octanol–water partition coefficient (Wildman–Crippen LogP) is 2.64. The van der Waals surface area contributed by atoms with E-state index in [0.717, 1.165) is 16.1 Å². The Morgan fingerprint density at radius 3 is 2.08 bits per heavy atom. The lowest BCUT2D eigenvalue weighted by atomic mass is 10.2. The molecule has 1 amide bonds. The number of carbonyl (C=O) groups excluding carboxylic acids is 1. The summed E-state index contributed by atoms with van der Waals surface area (Å²) in [6.07, 6.45) is 1.07. The van der Waals surface area contributed by atoms with E-state index in [1.807, 2.05) is 37.3 Å². The van der Waals surface area contributed by atoms with E-state index in [2.05, 4.69) is 0 Å². The van der Waals surface area contributed by atoms with Gasteiger partial charge in [0.05, 0.1) is 12.8 Å². The molecular formula is C19H23FN2O3S. The molecule has 0 fully saturated rings. The van der Waals surface area contributed by atoms with Crippen molar-refractivity contribution in [2.24, 2.45) is 0 Å². The van der Waals surface area contributed by atoms with Crippen LogP contribution in [0, 0.1) is 5.82 Å². The van der Waals surface area contributed by atoms with Crippen LogP contribution in [-0.4, -0.2) is 42.9 Å². The number of hydrogen-bond donors (Lipinski definition) is 0. The average molecular weight is 378 g/mol. The van der Waals surface area contributed by atoms with Crippen LogP contribution < -0.4 is 0 Å². The van der Waals surface area contributed by atoms with E-state index in [1.54, 1.807) is 4.90 Å². The monoisotopic (exact) mass is 378 g/mol. The van der Waals surface area contributed by atoms with E-state index in [-0.39, 0.29) is 19.0 Å². The maximum Gasteiger partial charge on any atom is 0.238 e. The van der Waals surface area contributed by atoms with E-state index in [1.165, 1.54) is 24.3 Å². The molecule has 0 saturated carbocycles. The molecule has 0 saturated heterocycles. The Morgan fingerprint density at radius 1 is 0.962 bits per heavy atom. The predicted molar refractivity (Wildman–Crippen MR) is 99.2 cm³/mol. The number of sulfonamides is 1. The summed E-state index contributed by atoms with van der Waals surface area (Å²) in [4.78, 5) is 14.2. The summed E-state index contributed by atoms with van der Waals surface area (Å²) >= 11 is 0. The summed E-state index contributed by atoms with van der Waals surface area (Å²) in [6.45, 7) is 2.52. The first-order chi connectivity index (χ1) is 12.3. The summed E-state index contributed by atoms with van der Waals surface area (Å²) in [5.41, 5.74) is 1.60. The highest BCUT2D eigenvalue weighted by Gasteiger charge is 2.23. The molecule has 7 heteroatoms. The van der Waals surface area contributed by atoms with Crippen LogP contribution in [0.1, 0.15) is 18.1 Å². The van der Waals surface area contributed by atoms with Crippen LogP contribution in [0.25, 0.3) is 0 Å². The number of likely N-dealkylation sites (N-methyl/N-ethyl adjacent to an activating group) is 1. The maximum atomic E-state index is 13.0. The third-order valence-electron chi connectivity index (χ3n) is 4.00. The molecule has 0 heterocycles. The highest BCUT2D eigenvalue weighted by atomic mass is 32.2. The zero-order valence-electron chi connectivity index (χ0n) is 14.9. The lowest BCUT2D eigenvalue weighted by Crippen LogP contribution is -2.41. The molecule has 2 rings (SSSR count). The Bertz CT molecular complexity index is 824. The van der Waals surface area contributed by atoms with Crippen molar-refractivity contribution in [1.29, 1.82) is 0 Å². The molecule has 0 aromatic heterocycles. The molecule has 0 atom stereocenters. The molecule has 0 aliphatic rings. The topological polar surface area (TPSA) is 57.7 Å². The molecule has 0 radical (unpaired) electrons. The highest BCUT2D eigenvalue weighted by molar-refractivity contribution is 7.88. The number of halogens is 1.